The molecule has 2 aliphatic heterocycles. The summed E-state index contributed by atoms with van der Waals surface area (Å²) in [5, 5.41) is -0.180. The summed E-state index contributed by atoms with van der Waals surface area (Å²) in [5.41, 5.74) is 0.574. The van der Waals surface area contributed by atoms with Crippen LogP contribution >= 0.6 is 23.4 Å². The summed E-state index contributed by atoms with van der Waals surface area (Å²) >= 11 is 7.13. The predicted octanol–water partition coefficient (Wildman–Crippen LogP) is 3.20. The van der Waals surface area contributed by atoms with Crippen molar-refractivity contribution < 1.29 is 28.6 Å². The molecule has 0 spiro atoms. The number of benzene rings is 1. The van der Waals surface area contributed by atoms with Gasteiger partial charge in [-0.3, -0.25) is 19.3 Å². The van der Waals surface area contributed by atoms with Crippen molar-refractivity contribution in [3.8, 4) is 11.5 Å². The molecule has 10 heteroatoms. The molecule has 166 valence electrons. The standard InChI is InChI=1S/C21H23ClN2O6S/c1-3-7-30-19-15(22)10-14(11-16(19)29-4-2)12-17-20(26)24(21(27)31-17)13-18(25)23-5-8-28-9-6-23/h3,10-12H,1,4-9,13H2,2H3. The lowest BCUT2D eigenvalue weighted by Gasteiger charge is -2.28. The lowest BCUT2D eigenvalue weighted by molar-refractivity contribution is -0.139. The number of morpholine rings is 1. The van der Waals surface area contributed by atoms with E-state index in [0.29, 0.717) is 55.0 Å². The van der Waals surface area contributed by atoms with E-state index in [1.807, 2.05) is 6.92 Å². The zero-order valence-electron chi connectivity index (χ0n) is 17.1. The van der Waals surface area contributed by atoms with Gasteiger partial charge < -0.3 is 19.1 Å². The molecule has 0 atom stereocenters. The normalized spacial score (nSPS) is 17.9. The fourth-order valence-corrected chi connectivity index (χ4v) is 4.16. The van der Waals surface area contributed by atoms with Crippen LogP contribution in [0.4, 0.5) is 4.79 Å². The van der Waals surface area contributed by atoms with Gasteiger partial charge in [0.05, 0.1) is 29.7 Å². The molecule has 2 saturated heterocycles. The third kappa shape index (κ3) is 5.61. The smallest absolute Gasteiger partial charge is 0.294 e. The van der Waals surface area contributed by atoms with E-state index in [9.17, 15) is 14.4 Å². The fraction of sp³-hybridized carbons (Fsp3) is 0.381. The number of hydrogen-bond acceptors (Lipinski definition) is 7. The average Bonchev–Trinajstić information content (AvgIpc) is 3.01. The second kappa shape index (κ2) is 10.7. The van der Waals surface area contributed by atoms with Crippen molar-refractivity contribution in [3.63, 3.8) is 0 Å². The maximum absolute atomic E-state index is 12.8. The Morgan fingerprint density at radius 1 is 1.29 bits per heavy atom. The van der Waals surface area contributed by atoms with Gasteiger partial charge in [0.1, 0.15) is 13.2 Å². The van der Waals surface area contributed by atoms with Crippen LogP contribution in [0.1, 0.15) is 12.5 Å². The van der Waals surface area contributed by atoms with Crippen molar-refractivity contribution in [2.75, 3.05) is 46.1 Å². The first-order chi connectivity index (χ1) is 14.9. The summed E-state index contributed by atoms with van der Waals surface area (Å²) in [4.78, 5) is 40.3. The van der Waals surface area contributed by atoms with Crippen molar-refractivity contribution in [2.45, 2.75) is 6.92 Å². The Hall–Kier alpha value is -2.49. The number of hydrogen-bond donors (Lipinski definition) is 0. The molecule has 0 aliphatic carbocycles. The molecule has 8 nitrogen and oxygen atoms in total. The Bertz CT molecular complexity index is 913. The zero-order chi connectivity index (χ0) is 22.4. The Balaban J connectivity index is 1.78. The Labute approximate surface area is 189 Å². The van der Waals surface area contributed by atoms with Crippen molar-refractivity contribution in [3.05, 3.63) is 40.3 Å². The number of rotatable bonds is 8. The lowest BCUT2D eigenvalue weighted by atomic mass is 10.1. The zero-order valence-corrected chi connectivity index (χ0v) is 18.7. The van der Waals surface area contributed by atoms with Crippen molar-refractivity contribution >= 4 is 46.5 Å². The van der Waals surface area contributed by atoms with Crippen LogP contribution in [-0.2, 0) is 14.3 Å². The summed E-state index contributed by atoms with van der Waals surface area (Å²) in [6, 6.07) is 3.30. The van der Waals surface area contributed by atoms with Crippen LogP contribution < -0.4 is 9.47 Å². The number of ether oxygens (including phenoxy) is 3. The summed E-state index contributed by atoms with van der Waals surface area (Å²) in [6.07, 6.45) is 3.14. The van der Waals surface area contributed by atoms with E-state index in [4.69, 9.17) is 25.8 Å². The SMILES string of the molecule is C=CCOc1c(Cl)cc(C=C2SC(=O)N(CC(=O)N3CCOCC3)C2=O)cc1OCC. The van der Waals surface area contributed by atoms with Gasteiger partial charge in [-0.05, 0) is 42.5 Å². The molecule has 1 aromatic carbocycles. The molecular formula is C21H23ClN2O6S. The molecule has 2 heterocycles. The van der Waals surface area contributed by atoms with E-state index < -0.39 is 11.1 Å². The molecule has 0 bridgehead atoms. The van der Waals surface area contributed by atoms with Gasteiger partial charge in [0.15, 0.2) is 11.5 Å². The molecular weight excluding hydrogens is 444 g/mol. The van der Waals surface area contributed by atoms with Crippen LogP contribution in [0, 0.1) is 0 Å². The average molecular weight is 467 g/mol. The first-order valence-electron chi connectivity index (χ1n) is 9.75. The lowest BCUT2D eigenvalue weighted by Crippen LogP contribution is -2.46. The fourth-order valence-electron chi connectivity index (χ4n) is 3.05. The van der Waals surface area contributed by atoms with E-state index in [0.717, 1.165) is 16.7 Å². The highest BCUT2D eigenvalue weighted by Crippen LogP contribution is 2.39. The molecule has 0 aromatic heterocycles. The number of carbonyl (C=O) groups is 3. The second-order valence-electron chi connectivity index (χ2n) is 6.62. The van der Waals surface area contributed by atoms with E-state index in [1.54, 1.807) is 29.2 Å². The van der Waals surface area contributed by atoms with Crippen LogP contribution in [0.25, 0.3) is 6.08 Å². The summed E-state index contributed by atoms with van der Waals surface area (Å²) in [7, 11) is 0. The maximum Gasteiger partial charge on any atom is 0.294 e. The minimum Gasteiger partial charge on any atom is -0.490 e. The maximum atomic E-state index is 12.8. The first-order valence-corrected chi connectivity index (χ1v) is 10.9. The Morgan fingerprint density at radius 2 is 2.03 bits per heavy atom. The topological polar surface area (TPSA) is 85.4 Å². The van der Waals surface area contributed by atoms with Crippen molar-refractivity contribution in [1.82, 2.24) is 9.80 Å². The van der Waals surface area contributed by atoms with E-state index in [2.05, 4.69) is 6.58 Å². The number of imide groups is 1. The summed E-state index contributed by atoms with van der Waals surface area (Å²) < 4.78 is 16.4. The minimum atomic E-state index is -0.516. The molecule has 31 heavy (non-hydrogen) atoms. The quantitative estimate of drug-likeness (QED) is 0.429. The molecule has 3 amide bonds. The number of carbonyl (C=O) groups excluding carboxylic acids is 3. The summed E-state index contributed by atoms with van der Waals surface area (Å²) in [6.45, 7) is 7.59. The number of nitrogens with zero attached hydrogens (tertiary/aromatic N) is 2. The van der Waals surface area contributed by atoms with E-state index >= 15 is 0 Å². The van der Waals surface area contributed by atoms with Gasteiger partial charge in [-0.25, -0.2) is 0 Å². The number of amides is 3. The molecule has 2 fully saturated rings. The van der Waals surface area contributed by atoms with Gasteiger partial charge in [-0.2, -0.15) is 0 Å². The molecule has 0 unspecified atom stereocenters. The molecule has 2 aliphatic rings. The largest absolute Gasteiger partial charge is 0.490 e. The Morgan fingerprint density at radius 3 is 2.71 bits per heavy atom. The number of thioether (sulfide) groups is 1. The summed E-state index contributed by atoms with van der Waals surface area (Å²) in [5.74, 6) is 0.00419. The predicted molar refractivity (Wildman–Crippen MR) is 118 cm³/mol. The molecule has 1 aromatic rings. The monoisotopic (exact) mass is 466 g/mol. The highest BCUT2D eigenvalue weighted by Gasteiger charge is 2.37. The van der Waals surface area contributed by atoms with Crippen LogP contribution in [0.15, 0.2) is 29.7 Å². The second-order valence-corrected chi connectivity index (χ2v) is 8.02. The van der Waals surface area contributed by atoms with Crippen LogP contribution in [0.5, 0.6) is 11.5 Å². The van der Waals surface area contributed by atoms with E-state index in [1.165, 1.54) is 0 Å². The third-order valence-electron chi connectivity index (χ3n) is 4.51. The molecule has 0 N–H and O–H groups in total. The van der Waals surface area contributed by atoms with Crippen molar-refractivity contribution in [2.24, 2.45) is 0 Å². The third-order valence-corrected chi connectivity index (χ3v) is 5.69. The van der Waals surface area contributed by atoms with Gasteiger partial charge in [0.25, 0.3) is 11.1 Å². The highest BCUT2D eigenvalue weighted by atomic mass is 35.5. The molecule has 3 rings (SSSR count). The van der Waals surface area contributed by atoms with Gasteiger partial charge in [-0.15, -0.1) is 0 Å². The number of halogens is 1. The van der Waals surface area contributed by atoms with Gasteiger partial charge in [-0.1, -0.05) is 24.3 Å². The van der Waals surface area contributed by atoms with Gasteiger partial charge in [0.2, 0.25) is 5.91 Å². The highest BCUT2D eigenvalue weighted by molar-refractivity contribution is 8.18. The van der Waals surface area contributed by atoms with Crippen molar-refractivity contribution in [1.29, 1.82) is 0 Å². The minimum absolute atomic E-state index is 0.207. The Kier molecular flexibility index (Phi) is 8.00. The first kappa shape index (κ1) is 23.2. The molecule has 0 saturated carbocycles. The molecule has 0 radical (unpaired) electrons. The van der Waals surface area contributed by atoms with Gasteiger partial charge in [0, 0.05) is 13.1 Å². The van der Waals surface area contributed by atoms with Crippen LogP contribution in [-0.4, -0.2) is 72.9 Å². The van der Waals surface area contributed by atoms with Crippen LogP contribution in [0.2, 0.25) is 5.02 Å². The van der Waals surface area contributed by atoms with E-state index in [-0.39, 0.29) is 24.0 Å². The van der Waals surface area contributed by atoms with Gasteiger partial charge >= 0.3 is 0 Å². The van der Waals surface area contributed by atoms with Crippen LogP contribution in [0.3, 0.4) is 0 Å².